The number of halogens is 1. The van der Waals surface area contributed by atoms with Crippen LogP contribution in [0.4, 0.5) is 5.69 Å². The highest BCUT2D eigenvalue weighted by Crippen LogP contribution is 2.15. The van der Waals surface area contributed by atoms with Crippen molar-refractivity contribution >= 4 is 18.1 Å². The van der Waals surface area contributed by atoms with E-state index in [1.54, 1.807) is 0 Å². The quantitative estimate of drug-likeness (QED) is 0.928. The molecule has 5 nitrogen and oxygen atoms in total. The third-order valence-electron chi connectivity index (χ3n) is 2.94. The molecule has 0 fully saturated rings. The summed E-state index contributed by atoms with van der Waals surface area (Å²) in [6.45, 7) is 7.08. The van der Waals surface area contributed by atoms with Crippen molar-refractivity contribution in [2.24, 2.45) is 7.05 Å². The molecule has 0 aliphatic carbocycles. The van der Waals surface area contributed by atoms with E-state index < -0.39 is 0 Å². The van der Waals surface area contributed by atoms with Crippen LogP contribution in [0.25, 0.3) is 0 Å². The van der Waals surface area contributed by atoms with Gasteiger partial charge in [-0.2, -0.15) is 10.2 Å². The summed E-state index contributed by atoms with van der Waals surface area (Å²) in [4.78, 5) is 0. The number of rotatable bonds is 4. The van der Waals surface area contributed by atoms with Crippen LogP contribution >= 0.6 is 12.4 Å². The molecule has 2 aromatic heterocycles. The molecule has 0 amide bonds. The summed E-state index contributed by atoms with van der Waals surface area (Å²) in [7, 11) is 1.94. The Bertz CT molecular complexity index is 500. The summed E-state index contributed by atoms with van der Waals surface area (Å²) in [6, 6.07) is 2.43. The van der Waals surface area contributed by atoms with Crippen molar-refractivity contribution in [2.45, 2.75) is 33.4 Å². The second-order valence-electron chi connectivity index (χ2n) is 4.48. The summed E-state index contributed by atoms with van der Waals surface area (Å²) < 4.78 is 3.89. The number of anilines is 1. The zero-order valence-electron chi connectivity index (χ0n) is 11.2. The van der Waals surface area contributed by atoms with Gasteiger partial charge in [0.25, 0.3) is 0 Å². The minimum Gasteiger partial charge on any atom is -0.377 e. The molecule has 0 aromatic carbocycles. The van der Waals surface area contributed by atoms with Crippen molar-refractivity contribution in [2.75, 3.05) is 5.32 Å². The van der Waals surface area contributed by atoms with E-state index in [1.165, 1.54) is 5.69 Å². The Balaban J connectivity index is 0.00000162. The van der Waals surface area contributed by atoms with Crippen LogP contribution in [0.1, 0.15) is 31.3 Å². The highest BCUT2D eigenvalue weighted by atomic mass is 35.5. The molecule has 2 heterocycles. The molecule has 18 heavy (non-hydrogen) atoms. The number of hydrogen-bond donors (Lipinski definition) is 1. The fourth-order valence-electron chi connectivity index (χ4n) is 1.80. The predicted molar refractivity (Wildman–Crippen MR) is 75.1 cm³/mol. The van der Waals surface area contributed by atoms with Crippen LogP contribution in [0.15, 0.2) is 18.5 Å². The van der Waals surface area contributed by atoms with Crippen molar-refractivity contribution in [3.05, 3.63) is 29.8 Å². The van der Waals surface area contributed by atoms with Gasteiger partial charge in [-0.05, 0) is 26.8 Å². The maximum absolute atomic E-state index is 4.31. The first kappa shape index (κ1) is 14.6. The van der Waals surface area contributed by atoms with E-state index in [2.05, 4.69) is 36.3 Å². The van der Waals surface area contributed by atoms with Crippen molar-refractivity contribution in [3.63, 3.8) is 0 Å². The number of aromatic nitrogens is 4. The standard InChI is InChI=1S/C12H19N5.ClH/c1-9(2)17-11(5-6-14-17)7-13-12-8-15-16(4)10(12)3;/h5-6,8-9,13H,7H2,1-4H3;1H. The lowest BCUT2D eigenvalue weighted by molar-refractivity contribution is 0.512. The van der Waals surface area contributed by atoms with Crippen LogP contribution < -0.4 is 5.32 Å². The van der Waals surface area contributed by atoms with Crippen molar-refractivity contribution < 1.29 is 0 Å². The fourth-order valence-corrected chi connectivity index (χ4v) is 1.80. The van der Waals surface area contributed by atoms with E-state index in [4.69, 9.17) is 0 Å². The first-order chi connectivity index (χ1) is 8.09. The molecule has 0 spiro atoms. The lowest BCUT2D eigenvalue weighted by Crippen LogP contribution is -2.11. The molecular formula is C12H20ClN5. The third-order valence-corrected chi connectivity index (χ3v) is 2.94. The first-order valence-electron chi connectivity index (χ1n) is 5.84. The molecule has 0 radical (unpaired) electrons. The fraction of sp³-hybridized carbons (Fsp3) is 0.500. The molecule has 100 valence electrons. The molecule has 0 atom stereocenters. The molecule has 0 bridgehead atoms. The normalized spacial score (nSPS) is 10.5. The van der Waals surface area contributed by atoms with Gasteiger partial charge >= 0.3 is 0 Å². The molecule has 6 heteroatoms. The SMILES string of the molecule is Cc1c(NCc2ccnn2C(C)C)cnn1C.Cl. The van der Waals surface area contributed by atoms with Crippen LogP contribution in [-0.4, -0.2) is 19.6 Å². The number of aryl methyl sites for hydroxylation is 1. The van der Waals surface area contributed by atoms with Crippen LogP contribution in [0.5, 0.6) is 0 Å². The Hall–Kier alpha value is -1.49. The van der Waals surface area contributed by atoms with Crippen LogP contribution in [0, 0.1) is 6.92 Å². The molecule has 0 saturated heterocycles. The van der Waals surface area contributed by atoms with Gasteiger partial charge in [-0.15, -0.1) is 12.4 Å². The van der Waals surface area contributed by atoms with E-state index >= 15 is 0 Å². The number of nitrogens with one attached hydrogen (secondary N) is 1. The molecule has 0 aliphatic heterocycles. The lowest BCUT2D eigenvalue weighted by Gasteiger charge is -2.12. The number of hydrogen-bond acceptors (Lipinski definition) is 3. The summed E-state index contributed by atoms with van der Waals surface area (Å²) in [5.74, 6) is 0. The Kier molecular flexibility index (Phi) is 4.78. The predicted octanol–water partition coefficient (Wildman–Crippen LogP) is 2.54. The average molecular weight is 270 g/mol. The van der Waals surface area contributed by atoms with Crippen LogP contribution in [0.3, 0.4) is 0 Å². The van der Waals surface area contributed by atoms with Gasteiger partial charge < -0.3 is 5.32 Å². The average Bonchev–Trinajstić information content (AvgIpc) is 2.86. The highest BCUT2D eigenvalue weighted by molar-refractivity contribution is 5.85. The molecule has 0 unspecified atom stereocenters. The topological polar surface area (TPSA) is 47.7 Å². The van der Waals surface area contributed by atoms with Crippen LogP contribution in [0.2, 0.25) is 0 Å². The Labute approximate surface area is 114 Å². The Morgan fingerprint density at radius 3 is 2.61 bits per heavy atom. The Morgan fingerprint density at radius 2 is 2.06 bits per heavy atom. The van der Waals surface area contributed by atoms with E-state index in [9.17, 15) is 0 Å². The smallest absolute Gasteiger partial charge is 0.0759 e. The van der Waals surface area contributed by atoms with Gasteiger partial charge in [-0.1, -0.05) is 0 Å². The van der Waals surface area contributed by atoms with Gasteiger partial charge in [0.1, 0.15) is 0 Å². The third kappa shape index (κ3) is 2.85. The number of nitrogens with zero attached hydrogens (tertiary/aromatic N) is 4. The summed E-state index contributed by atoms with van der Waals surface area (Å²) in [5, 5.41) is 11.9. The highest BCUT2D eigenvalue weighted by Gasteiger charge is 2.07. The van der Waals surface area contributed by atoms with E-state index in [0.717, 1.165) is 17.9 Å². The molecular weight excluding hydrogens is 250 g/mol. The molecule has 0 saturated carbocycles. The summed E-state index contributed by atoms with van der Waals surface area (Å²) in [6.07, 6.45) is 3.69. The van der Waals surface area contributed by atoms with Crippen molar-refractivity contribution in [1.29, 1.82) is 0 Å². The monoisotopic (exact) mass is 269 g/mol. The molecule has 0 aliphatic rings. The second-order valence-corrected chi connectivity index (χ2v) is 4.48. The van der Waals surface area contributed by atoms with Crippen LogP contribution in [-0.2, 0) is 13.6 Å². The van der Waals surface area contributed by atoms with Crippen molar-refractivity contribution in [3.8, 4) is 0 Å². The van der Waals surface area contributed by atoms with E-state index in [-0.39, 0.29) is 12.4 Å². The zero-order valence-corrected chi connectivity index (χ0v) is 12.0. The van der Waals surface area contributed by atoms with E-state index in [0.29, 0.717) is 6.04 Å². The second kappa shape index (κ2) is 5.91. The van der Waals surface area contributed by atoms with Gasteiger partial charge in [0.05, 0.1) is 29.8 Å². The maximum Gasteiger partial charge on any atom is 0.0759 e. The lowest BCUT2D eigenvalue weighted by atomic mass is 10.3. The Morgan fingerprint density at radius 1 is 1.33 bits per heavy atom. The van der Waals surface area contributed by atoms with Gasteiger partial charge in [0.2, 0.25) is 0 Å². The minimum atomic E-state index is 0. The van der Waals surface area contributed by atoms with E-state index in [1.807, 2.05) is 34.9 Å². The molecule has 2 rings (SSSR count). The summed E-state index contributed by atoms with van der Waals surface area (Å²) in [5.41, 5.74) is 3.40. The minimum absolute atomic E-state index is 0. The summed E-state index contributed by atoms with van der Waals surface area (Å²) >= 11 is 0. The first-order valence-corrected chi connectivity index (χ1v) is 5.84. The van der Waals surface area contributed by atoms with Crippen molar-refractivity contribution in [1.82, 2.24) is 19.6 Å². The maximum atomic E-state index is 4.31. The molecule has 1 N–H and O–H groups in total. The van der Waals surface area contributed by atoms with Gasteiger partial charge in [-0.25, -0.2) is 0 Å². The van der Waals surface area contributed by atoms with Gasteiger partial charge in [0, 0.05) is 19.3 Å². The zero-order chi connectivity index (χ0) is 12.4. The van der Waals surface area contributed by atoms with Gasteiger partial charge in [-0.3, -0.25) is 9.36 Å². The largest absolute Gasteiger partial charge is 0.377 e. The molecule has 2 aromatic rings. The van der Waals surface area contributed by atoms with Gasteiger partial charge in [0.15, 0.2) is 0 Å².